The number of rotatable bonds is 1. The van der Waals surface area contributed by atoms with Gasteiger partial charge in [-0.3, -0.25) is 4.79 Å². The number of carbonyl (C=O) groups excluding carboxylic acids is 1. The minimum absolute atomic E-state index is 0.0559. The number of anilines is 1. The Hall–Kier alpha value is -1.67. The topological polar surface area (TPSA) is 20.3 Å². The molecule has 0 bridgehead atoms. The molecule has 1 aliphatic rings. The Balaban J connectivity index is 2.48. The van der Waals surface area contributed by atoms with Crippen molar-refractivity contribution < 1.29 is 18.0 Å². The second-order valence-electron chi connectivity index (χ2n) is 4.23. The lowest BCUT2D eigenvalue weighted by molar-refractivity contribution is -0.137. The molecule has 1 fully saturated rings. The van der Waals surface area contributed by atoms with Crippen LogP contribution in [0.5, 0.6) is 0 Å². The number of alkyl halides is 3. The fraction of sp³-hybridized carbons (Fsp3) is 0.308. The molecule has 1 heterocycles. The van der Waals surface area contributed by atoms with Crippen LogP contribution in [-0.4, -0.2) is 12.5 Å². The Morgan fingerprint density at radius 3 is 2.63 bits per heavy atom. The largest absolute Gasteiger partial charge is 0.418 e. The number of terminal acetylenes is 1. The van der Waals surface area contributed by atoms with Gasteiger partial charge in [0.15, 0.2) is 0 Å². The van der Waals surface area contributed by atoms with Crippen molar-refractivity contribution in [2.75, 3.05) is 11.4 Å². The van der Waals surface area contributed by atoms with Crippen molar-refractivity contribution in [2.45, 2.75) is 12.6 Å². The molecule has 0 aliphatic carbocycles. The average Bonchev–Trinajstić information content (AvgIpc) is 2.68. The molecule has 0 spiro atoms. The second kappa shape index (κ2) is 4.78. The van der Waals surface area contributed by atoms with Crippen LogP contribution in [0, 0.1) is 18.3 Å². The number of amides is 1. The molecule has 1 aliphatic heterocycles. The Morgan fingerprint density at radius 2 is 2.11 bits per heavy atom. The maximum atomic E-state index is 12.9. The van der Waals surface area contributed by atoms with Gasteiger partial charge >= 0.3 is 6.18 Å². The van der Waals surface area contributed by atoms with Gasteiger partial charge in [-0.05, 0) is 18.2 Å². The zero-order valence-corrected chi connectivity index (χ0v) is 10.4. The number of carbonyl (C=O) groups is 1. The number of halogens is 4. The first-order chi connectivity index (χ1) is 8.82. The third kappa shape index (κ3) is 2.69. The van der Waals surface area contributed by atoms with Crippen molar-refractivity contribution in [1.82, 2.24) is 0 Å². The normalized spacial score (nSPS) is 19.6. The summed E-state index contributed by atoms with van der Waals surface area (Å²) in [6.45, 7) is 0.0821. The van der Waals surface area contributed by atoms with E-state index in [1.807, 2.05) is 0 Å². The summed E-state index contributed by atoms with van der Waals surface area (Å²) >= 11 is 5.72. The van der Waals surface area contributed by atoms with E-state index in [1.54, 1.807) is 0 Å². The maximum Gasteiger partial charge on any atom is 0.418 e. The van der Waals surface area contributed by atoms with Gasteiger partial charge in [0, 0.05) is 23.9 Å². The van der Waals surface area contributed by atoms with Crippen LogP contribution in [0.25, 0.3) is 0 Å². The summed E-state index contributed by atoms with van der Waals surface area (Å²) in [5.74, 6) is 1.60. The van der Waals surface area contributed by atoms with Gasteiger partial charge in [0.05, 0.1) is 11.3 Å². The minimum Gasteiger partial charge on any atom is -0.310 e. The molecule has 0 saturated carbocycles. The summed E-state index contributed by atoms with van der Waals surface area (Å²) in [7, 11) is 0. The minimum atomic E-state index is -4.55. The molecule has 2 nitrogen and oxygen atoms in total. The van der Waals surface area contributed by atoms with E-state index in [1.165, 1.54) is 0 Å². The van der Waals surface area contributed by atoms with E-state index in [0.29, 0.717) is 0 Å². The van der Waals surface area contributed by atoms with Gasteiger partial charge in [0.1, 0.15) is 0 Å². The van der Waals surface area contributed by atoms with Crippen molar-refractivity contribution >= 4 is 23.2 Å². The molecular weight excluding hydrogens is 279 g/mol. The highest BCUT2D eigenvalue weighted by atomic mass is 35.5. The van der Waals surface area contributed by atoms with Gasteiger partial charge in [-0.2, -0.15) is 13.2 Å². The van der Waals surface area contributed by atoms with Crippen LogP contribution in [-0.2, 0) is 11.0 Å². The summed E-state index contributed by atoms with van der Waals surface area (Å²) in [4.78, 5) is 12.8. The maximum absolute atomic E-state index is 12.9. The Morgan fingerprint density at radius 1 is 1.42 bits per heavy atom. The van der Waals surface area contributed by atoms with E-state index in [0.717, 1.165) is 23.1 Å². The smallest absolute Gasteiger partial charge is 0.310 e. The van der Waals surface area contributed by atoms with Gasteiger partial charge in [-0.15, -0.1) is 12.3 Å². The second-order valence-corrected chi connectivity index (χ2v) is 4.67. The molecule has 1 aromatic carbocycles. The van der Waals surface area contributed by atoms with E-state index in [4.69, 9.17) is 18.0 Å². The van der Waals surface area contributed by atoms with Crippen molar-refractivity contribution in [3.63, 3.8) is 0 Å². The molecular formula is C13H9ClF3NO. The monoisotopic (exact) mass is 287 g/mol. The van der Waals surface area contributed by atoms with E-state index < -0.39 is 17.6 Å². The highest BCUT2D eigenvalue weighted by Crippen LogP contribution is 2.39. The standard InChI is InChI=1S/C13H9ClF3NO/c1-2-8-5-12(19)18(7-8)11-6-9(14)3-4-10(11)13(15,16)17/h1,3-4,6,8H,5,7H2. The Kier molecular flexibility index (Phi) is 3.46. The zero-order valence-electron chi connectivity index (χ0n) is 9.67. The van der Waals surface area contributed by atoms with Gasteiger partial charge in [-0.25, -0.2) is 0 Å². The van der Waals surface area contributed by atoms with Crippen LogP contribution in [0.2, 0.25) is 5.02 Å². The molecule has 6 heteroatoms. The van der Waals surface area contributed by atoms with Crippen molar-refractivity contribution in [3.05, 3.63) is 28.8 Å². The fourth-order valence-corrected chi connectivity index (χ4v) is 2.19. The molecule has 1 unspecified atom stereocenters. The Labute approximate surface area is 113 Å². The predicted octanol–water partition coefficient (Wildman–Crippen LogP) is 3.34. The molecule has 1 aromatic rings. The van der Waals surface area contributed by atoms with Crippen molar-refractivity contribution in [3.8, 4) is 12.3 Å². The van der Waals surface area contributed by atoms with Gasteiger partial charge in [0.2, 0.25) is 5.91 Å². The third-order valence-electron chi connectivity index (χ3n) is 2.92. The van der Waals surface area contributed by atoms with Crippen molar-refractivity contribution in [2.24, 2.45) is 5.92 Å². The molecule has 1 atom stereocenters. The number of benzene rings is 1. The van der Waals surface area contributed by atoms with Crippen LogP contribution in [0.15, 0.2) is 18.2 Å². The number of hydrogen-bond acceptors (Lipinski definition) is 1. The average molecular weight is 288 g/mol. The summed E-state index contributed by atoms with van der Waals surface area (Å²) in [5, 5.41) is 0.139. The zero-order chi connectivity index (χ0) is 14.2. The highest BCUT2D eigenvalue weighted by Gasteiger charge is 2.38. The number of nitrogens with zero attached hydrogens (tertiary/aromatic N) is 1. The molecule has 2 rings (SSSR count). The summed E-state index contributed by atoms with van der Waals surface area (Å²) in [6, 6.07) is 3.16. The lowest BCUT2D eigenvalue weighted by Gasteiger charge is -2.21. The quantitative estimate of drug-likeness (QED) is 0.726. The first-order valence-corrected chi connectivity index (χ1v) is 5.84. The summed E-state index contributed by atoms with van der Waals surface area (Å²) in [5.41, 5.74) is -1.12. The molecule has 1 saturated heterocycles. The SMILES string of the molecule is C#CC1CC(=O)N(c2cc(Cl)ccc2C(F)(F)F)C1. The predicted molar refractivity (Wildman–Crippen MR) is 65.7 cm³/mol. The molecule has 100 valence electrons. The van der Waals surface area contributed by atoms with E-state index in [9.17, 15) is 18.0 Å². The number of hydrogen-bond donors (Lipinski definition) is 0. The summed E-state index contributed by atoms with van der Waals surface area (Å²) in [6.07, 6.45) is 0.722. The van der Waals surface area contributed by atoms with Gasteiger partial charge in [-0.1, -0.05) is 11.6 Å². The summed E-state index contributed by atoms with van der Waals surface area (Å²) < 4.78 is 38.8. The van der Waals surface area contributed by atoms with Crippen molar-refractivity contribution in [1.29, 1.82) is 0 Å². The molecule has 19 heavy (non-hydrogen) atoms. The molecule has 0 radical (unpaired) electrons. The van der Waals surface area contributed by atoms with Crippen LogP contribution < -0.4 is 4.90 Å². The third-order valence-corrected chi connectivity index (χ3v) is 3.15. The first-order valence-electron chi connectivity index (χ1n) is 5.46. The Bertz CT molecular complexity index is 562. The van der Waals surface area contributed by atoms with Gasteiger partial charge < -0.3 is 4.90 Å². The van der Waals surface area contributed by atoms with E-state index >= 15 is 0 Å². The molecule has 0 aromatic heterocycles. The highest BCUT2D eigenvalue weighted by molar-refractivity contribution is 6.31. The lowest BCUT2D eigenvalue weighted by atomic mass is 10.1. The van der Waals surface area contributed by atoms with Crippen LogP contribution in [0.4, 0.5) is 18.9 Å². The molecule has 1 amide bonds. The van der Waals surface area contributed by atoms with E-state index in [2.05, 4.69) is 5.92 Å². The van der Waals surface area contributed by atoms with Gasteiger partial charge in [0.25, 0.3) is 0 Å². The fourth-order valence-electron chi connectivity index (χ4n) is 2.02. The van der Waals surface area contributed by atoms with E-state index in [-0.39, 0.29) is 29.6 Å². The van der Waals surface area contributed by atoms with Crippen LogP contribution in [0.3, 0.4) is 0 Å². The first kappa shape index (κ1) is 13.8. The molecule has 0 N–H and O–H groups in total. The van der Waals surface area contributed by atoms with Crippen LogP contribution in [0.1, 0.15) is 12.0 Å². The van der Waals surface area contributed by atoms with Crippen LogP contribution >= 0.6 is 11.6 Å². The lowest BCUT2D eigenvalue weighted by Crippen LogP contribution is -2.27.